The van der Waals surface area contributed by atoms with Crippen molar-refractivity contribution in [2.24, 2.45) is 0 Å². The van der Waals surface area contributed by atoms with Crippen LogP contribution >= 0.6 is 0 Å². The number of nitrogen functional groups attached to an aromatic ring is 1. The molecule has 2 aliphatic rings. The summed E-state index contributed by atoms with van der Waals surface area (Å²) in [7, 11) is 0. The summed E-state index contributed by atoms with van der Waals surface area (Å²) >= 11 is 0. The van der Waals surface area contributed by atoms with Crippen molar-refractivity contribution >= 4 is 11.8 Å². The van der Waals surface area contributed by atoms with Crippen molar-refractivity contribution in [1.29, 1.82) is 0 Å². The van der Waals surface area contributed by atoms with E-state index in [2.05, 4.69) is 18.2 Å². The fourth-order valence-corrected chi connectivity index (χ4v) is 3.99. The smallest absolute Gasteiger partial charge is 0.410 e. The molecule has 28 heavy (non-hydrogen) atoms. The van der Waals surface area contributed by atoms with Gasteiger partial charge in [0.1, 0.15) is 17.0 Å². The quantitative estimate of drug-likeness (QED) is 0.732. The molecule has 148 valence electrons. The van der Waals surface area contributed by atoms with Crippen LogP contribution in [0.1, 0.15) is 39.2 Å². The summed E-state index contributed by atoms with van der Waals surface area (Å²) in [6, 6.07) is 14.3. The maximum absolute atomic E-state index is 12.3. The summed E-state index contributed by atoms with van der Waals surface area (Å²) in [6.07, 6.45) is 2.28. The third kappa shape index (κ3) is 3.79. The van der Waals surface area contributed by atoms with Crippen LogP contribution in [-0.2, 0) is 11.2 Å². The molecule has 2 aliphatic heterocycles. The lowest BCUT2D eigenvalue weighted by Crippen LogP contribution is -2.50. The molecule has 2 N–H and O–H groups in total. The van der Waals surface area contributed by atoms with E-state index in [9.17, 15) is 4.79 Å². The Morgan fingerprint density at radius 2 is 1.71 bits per heavy atom. The number of likely N-dealkylation sites (tertiary alicyclic amines) is 1. The zero-order chi connectivity index (χ0) is 19.9. The van der Waals surface area contributed by atoms with Crippen molar-refractivity contribution in [1.82, 2.24) is 4.90 Å². The van der Waals surface area contributed by atoms with Gasteiger partial charge in [-0.15, -0.1) is 0 Å². The van der Waals surface area contributed by atoms with Gasteiger partial charge in [0.25, 0.3) is 0 Å². The van der Waals surface area contributed by atoms with Crippen LogP contribution in [0.15, 0.2) is 42.5 Å². The van der Waals surface area contributed by atoms with E-state index in [1.165, 1.54) is 11.1 Å². The number of rotatable bonds is 1. The monoisotopic (exact) mass is 380 g/mol. The lowest BCUT2D eigenvalue weighted by Gasteiger charge is -2.39. The number of carbonyl (C=O) groups is 1. The van der Waals surface area contributed by atoms with Crippen LogP contribution in [0.5, 0.6) is 5.75 Å². The van der Waals surface area contributed by atoms with Crippen LogP contribution in [0.2, 0.25) is 0 Å². The summed E-state index contributed by atoms with van der Waals surface area (Å²) < 4.78 is 11.9. The van der Waals surface area contributed by atoms with E-state index < -0.39 is 5.60 Å². The number of piperidine rings is 1. The molecule has 1 amide bonds. The Morgan fingerprint density at radius 3 is 2.36 bits per heavy atom. The van der Waals surface area contributed by atoms with Gasteiger partial charge in [-0.05, 0) is 61.7 Å². The number of anilines is 1. The standard InChI is InChI=1S/C23H28N2O3/c1-22(2,3)28-21(26)25-12-10-23(11-13-25)15-18-14-17(6-9-20(18)27-23)16-4-7-19(24)8-5-16/h4-9,14H,10-13,15,24H2,1-3H3. The molecule has 2 heterocycles. The first-order valence-electron chi connectivity index (χ1n) is 9.89. The number of amides is 1. The van der Waals surface area contributed by atoms with Gasteiger partial charge in [0, 0.05) is 38.0 Å². The van der Waals surface area contributed by atoms with Gasteiger partial charge in [-0.25, -0.2) is 4.79 Å². The topological polar surface area (TPSA) is 64.8 Å². The second-order valence-electron chi connectivity index (χ2n) is 8.87. The van der Waals surface area contributed by atoms with E-state index in [0.717, 1.165) is 36.3 Å². The van der Waals surface area contributed by atoms with Gasteiger partial charge in [0.05, 0.1) is 0 Å². The Morgan fingerprint density at radius 1 is 1.07 bits per heavy atom. The predicted molar refractivity (Wildman–Crippen MR) is 110 cm³/mol. The highest BCUT2D eigenvalue weighted by Gasteiger charge is 2.43. The molecule has 2 aromatic rings. The van der Waals surface area contributed by atoms with Crippen molar-refractivity contribution < 1.29 is 14.3 Å². The van der Waals surface area contributed by atoms with Crippen LogP contribution in [-0.4, -0.2) is 35.3 Å². The Labute approximate surface area is 166 Å². The molecule has 4 rings (SSSR count). The van der Waals surface area contributed by atoms with E-state index in [-0.39, 0.29) is 11.7 Å². The first kappa shape index (κ1) is 18.7. The number of benzene rings is 2. The third-order valence-corrected chi connectivity index (χ3v) is 5.47. The van der Waals surface area contributed by atoms with E-state index in [1.807, 2.05) is 45.0 Å². The molecule has 0 aromatic heterocycles. The number of carbonyl (C=O) groups excluding carboxylic acids is 1. The van der Waals surface area contributed by atoms with Gasteiger partial charge in [0.2, 0.25) is 0 Å². The molecule has 0 unspecified atom stereocenters. The summed E-state index contributed by atoms with van der Waals surface area (Å²) in [5.41, 5.74) is 9.45. The first-order valence-corrected chi connectivity index (χ1v) is 9.89. The average molecular weight is 380 g/mol. The van der Waals surface area contributed by atoms with E-state index in [0.29, 0.717) is 13.1 Å². The molecule has 0 aliphatic carbocycles. The van der Waals surface area contributed by atoms with Crippen LogP contribution in [0.4, 0.5) is 10.5 Å². The Balaban J connectivity index is 1.44. The average Bonchev–Trinajstić information content (AvgIpc) is 2.98. The van der Waals surface area contributed by atoms with Crippen molar-refractivity contribution in [2.75, 3.05) is 18.8 Å². The number of nitrogens with two attached hydrogens (primary N) is 1. The van der Waals surface area contributed by atoms with Gasteiger partial charge in [0.15, 0.2) is 0 Å². The molecule has 1 saturated heterocycles. The number of nitrogens with zero attached hydrogens (tertiary/aromatic N) is 1. The summed E-state index contributed by atoms with van der Waals surface area (Å²) in [4.78, 5) is 14.1. The molecule has 5 heteroatoms. The zero-order valence-corrected chi connectivity index (χ0v) is 16.8. The highest BCUT2D eigenvalue weighted by Crippen LogP contribution is 2.42. The Kier molecular flexibility index (Phi) is 4.48. The Bertz CT molecular complexity index is 876. The van der Waals surface area contributed by atoms with Crippen molar-refractivity contribution in [3.63, 3.8) is 0 Å². The molecule has 1 fully saturated rings. The molecular weight excluding hydrogens is 352 g/mol. The first-order chi connectivity index (χ1) is 13.2. The van der Waals surface area contributed by atoms with Gasteiger partial charge in [-0.1, -0.05) is 18.2 Å². The van der Waals surface area contributed by atoms with Crippen LogP contribution < -0.4 is 10.5 Å². The highest BCUT2D eigenvalue weighted by atomic mass is 16.6. The van der Waals surface area contributed by atoms with Gasteiger partial charge < -0.3 is 20.1 Å². The molecule has 0 saturated carbocycles. The summed E-state index contributed by atoms with van der Waals surface area (Å²) in [5.74, 6) is 0.963. The minimum Gasteiger partial charge on any atom is -0.487 e. The minimum atomic E-state index is -0.467. The molecular formula is C23H28N2O3. The second-order valence-corrected chi connectivity index (χ2v) is 8.87. The lowest BCUT2D eigenvalue weighted by molar-refractivity contribution is -0.00887. The largest absolute Gasteiger partial charge is 0.487 e. The highest BCUT2D eigenvalue weighted by molar-refractivity contribution is 5.69. The predicted octanol–water partition coefficient (Wildman–Crippen LogP) is 4.64. The molecule has 0 radical (unpaired) electrons. The fourth-order valence-electron chi connectivity index (χ4n) is 3.99. The third-order valence-electron chi connectivity index (χ3n) is 5.47. The van der Waals surface area contributed by atoms with E-state index in [4.69, 9.17) is 15.2 Å². The summed E-state index contributed by atoms with van der Waals surface area (Å²) in [5, 5.41) is 0. The number of hydrogen-bond donors (Lipinski definition) is 1. The molecule has 0 atom stereocenters. The zero-order valence-electron chi connectivity index (χ0n) is 16.8. The number of ether oxygens (including phenoxy) is 2. The van der Waals surface area contributed by atoms with Crippen molar-refractivity contribution in [3.8, 4) is 16.9 Å². The van der Waals surface area contributed by atoms with E-state index in [1.54, 1.807) is 4.90 Å². The SMILES string of the molecule is CC(C)(C)OC(=O)N1CCC2(CC1)Cc1cc(-c3ccc(N)cc3)ccc1O2. The fraction of sp³-hybridized carbons (Fsp3) is 0.435. The minimum absolute atomic E-state index is 0.208. The van der Waals surface area contributed by atoms with E-state index >= 15 is 0 Å². The lowest BCUT2D eigenvalue weighted by atomic mass is 9.86. The number of fused-ring (bicyclic) bond motifs is 1. The molecule has 1 spiro atoms. The molecule has 5 nitrogen and oxygen atoms in total. The Hall–Kier alpha value is -2.69. The van der Waals surface area contributed by atoms with Crippen LogP contribution in [0.3, 0.4) is 0 Å². The second kappa shape index (κ2) is 6.73. The maximum Gasteiger partial charge on any atom is 0.410 e. The number of hydrogen-bond acceptors (Lipinski definition) is 4. The maximum atomic E-state index is 12.3. The van der Waals surface area contributed by atoms with Crippen molar-refractivity contribution in [2.45, 2.75) is 51.2 Å². The van der Waals surface area contributed by atoms with Gasteiger partial charge in [-0.3, -0.25) is 0 Å². The molecule has 2 aromatic carbocycles. The van der Waals surface area contributed by atoms with Gasteiger partial charge >= 0.3 is 6.09 Å². The molecule has 0 bridgehead atoms. The van der Waals surface area contributed by atoms with Crippen LogP contribution in [0.25, 0.3) is 11.1 Å². The van der Waals surface area contributed by atoms with Gasteiger partial charge in [-0.2, -0.15) is 0 Å². The normalized spacial score (nSPS) is 17.9. The summed E-state index contributed by atoms with van der Waals surface area (Å²) in [6.45, 7) is 7.00. The van der Waals surface area contributed by atoms with Crippen molar-refractivity contribution in [3.05, 3.63) is 48.0 Å². The van der Waals surface area contributed by atoms with Crippen LogP contribution in [0, 0.1) is 0 Å².